The van der Waals surface area contributed by atoms with Crippen molar-refractivity contribution in [2.45, 2.75) is 44.5 Å². The van der Waals surface area contributed by atoms with Gasteiger partial charge >= 0.3 is 12.3 Å². The van der Waals surface area contributed by atoms with Crippen molar-refractivity contribution in [3.63, 3.8) is 0 Å². The lowest BCUT2D eigenvalue weighted by atomic mass is 9.72. The third-order valence-electron chi connectivity index (χ3n) is 5.92. The minimum Gasteiger partial charge on any atom is -0.434 e. The molecule has 1 atom stereocenters. The van der Waals surface area contributed by atoms with Gasteiger partial charge in [0.2, 0.25) is 6.10 Å². The Morgan fingerprint density at radius 3 is 2.38 bits per heavy atom. The van der Waals surface area contributed by atoms with Gasteiger partial charge in [0.05, 0.1) is 6.61 Å². The Morgan fingerprint density at radius 2 is 1.79 bits per heavy atom. The molecule has 0 aromatic heterocycles. The molecular formula is C20H26F4N2O3. The number of alkyl halides is 3. The predicted molar refractivity (Wildman–Crippen MR) is 97.6 cm³/mol. The van der Waals surface area contributed by atoms with Gasteiger partial charge < -0.3 is 14.7 Å². The summed E-state index contributed by atoms with van der Waals surface area (Å²) in [6, 6.07) is 6.43. The number of piperidine rings is 2. The van der Waals surface area contributed by atoms with Crippen LogP contribution in [0.4, 0.5) is 22.4 Å². The molecule has 1 spiro atoms. The van der Waals surface area contributed by atoms with E-state index in [1.165, 1.54) is 17.0 Å². The highest BCUT2D eigenvalue weighted by atomic mass is 19.4. The molecule has 1 N–H and O–H groups in total. The minimum absolute atomic E-state index is 0.0233. The number of ether oxygens (including phenoxy) is 1. The number of hydrogen-bond donors (Lipinski definition) is 1. The van der Waals surface area contributed by atoms with E-state index in [-0.39, 0.29) is 11.2 Å². The summed E-state index contributed by atoms with van der Waals surface area (Å²) >= 11 is 0. The zero-order chi connectivity index (χ0) is 21.1. The van der Waals surface area contributed by atoms with E-state index in [0.29, 0.717) is 25.9 Å². The Bertz CT molecular complexity index is 688. The molecule has 0 bridgehead atoms. The van der Waals surface area contributed by atoms with E-state index >= 15 is 0 Å². The van der Waals surface area contributed by atoms with Crippen LogP contribution >= 0.6 is 0 Å². The number of carbonyl (C=O) groups is 1. The fourth-order valence-corrected chi connectivity index (χ4v) is 4.27. The van der Waals surface area contributed by atoms with E-state index in [1.54, 1.807) is 12.1 Å². The molecule has 9 heteroatoms. The highest BCUT2D eigenvalue weighted by Gasteiger charge is 2.44. The average molecular weight is 418 g/mol. The normalized spacial score (nSPS) is 21.2. The van der Waals surface area contributed by atoms with Crippen LogP contribution in [0.2, 0.25) is 0 Å². The van der Waals surface area contributed by atoms with Crippen molar-refractivity contribution in [1.82, 2.24) is 9.80 Å². The van der Waals surface area contributed by atoms with Crippen molar-refractivity contribution in [2.24, 2.45) is 5.41 Å². The Hall–Kier alpha value is -1.87. The number of aliphatic hydroxyl groups excluding tert-OH is 1. The number of nitrogens with zero attached hydrogens (tertiary/aromatic N) is 2. The molecule has 1 aromatic rings. The van der Waals surface area contributed by atoms with Gasteiger partial charge in [0.15, 0.2) is 0 Å². The molecule has 0 aliphatic carbocycles. The Kier molecular flexibility index (Phi) is 6.68. The smallest absolute Gasteiger partial charge is 0.427 e. The third-order valence-corrected chi connectivity index (χ3v) is 5.92. The average Bonchev–Trinajstić information content (AvgIpc) is 2.67. The van der Waals surface area contributed by atoms with Gasteiger partial charge in [-0.15, -0.1) is 0 Å². The maximum atomic E-state index is 13.1. The molecule has 0 radical (unpaired) electrons. The standard InChI is InChI=1S/C20H26F4N2O3/c21-16-4-2-15(3-5-16)12-25-9-1-6-19(14-25)7-10-26(11-8-19)18(28)29-17(13-27)20(22,23)24/h2-5,17,27H,1,6-14H2. The lowest BCUT2D eigenvalue weighted by Gasteiger charge is -2.47. The molecule has 1 unspecified atom stereocenters. The van der Waals surface area contributed by atoms with Crippen molar-refractivity contribution in [3.05, 3.63) is 35.6 Å². The zero-order valence-corrected chi connectivity index (χ0v) is 16.1. The number of carbonyl (C=O) groups excluding carboxylic acids is 1. The highest BCUT2D eigenvalue weighted by Crippen LogP contribution is 2.40. The molecule has 2 aliphatic heterocycles. The van der Waals surface area contributed by atoms with Gasteiger partial charge in [-0.05, 0) is 55.3 Å². The molecule has 5 nitrogen and oxygen atoms in total. The van der Waals surface area contributed by atoms with Gasteiger partial charge in [-0.25, -0.2) is 9.18 Å². The number of benzene rings is 1. The Labute approximate surface area is 167 Å². The van der Waals surface area contributed by atoms with Crippen molar-refractivity contribution in [2.75, 3.05) is 32.8 Å². The molecule has 0 saturated carbocycles. The minimum atomic E-state index is -4.79. The molecule has 29 heavy (non-hydrogen) atoms. The molecular weight excluding hydrogens is 392 g/mol. The number of aliphatic hydroxyl groups is 1. The van der Waals surface area contributed by atoms with E-state index in [1.807, 2.05) is 0 Å². The zero-order valence-electron chi connectivity index (χ0n) is 16.1. The second-order valence-electron chi connectivity index (χ2n) is 8.02. The lowest BCUT2D eigenvalue weighted by Crippen LogP contribution is -2.51. The van der Waals surface area contributed by atoms with E-state index in [2.05, 4.69) is 9.64 Å². The van der Waals surface area contributed by atoms with E-state index < -0.39 is 25.0 Å². The Balaban J connectivity index is 1.53. The van der Waals surface area contributed by atoms with Gasteiger partial charge in [0.25, 0.3) is 0 Å². The van der Waals surface area contributed by atoms with Gasteiger partial charge in [-0.2, -0.15) is 13.2 Å². The largest absolute Gasteiger partial charge is 0.434 e. The molecule has 1 amide bonds. The van der Waals surface area contributed by atoms with Crippen LogP contribution < -0.4 is 0 Å². The first kappa shape index (κ1) is 21.8. The second kappa shape index (κ2) is 8.87. The van der Waals surface area contributed by atoms with E-state index in [0.717, 1.165) is 38.0 Å². The maximum Gasteiger partial charge on any atom is 0.427 e. The van der Waals surface area contributed by atoms with Crippen LogP contribution in [0, 0.1) is 11.2 Å². The molecule has 3 rings (SSSR count). The monoisotopic (exact) mass is 418 g/mol. The predicted octanol–water partition coefficient (Wildman–Crippen LogP) is 3.56. The number of likely N-dealkylation sites (tertiary alicyclic amines) is 2. The van der Waals surface area contributed by atoms with Gasteiger partial charge in [-0.1, -0.05) is 12.1 Å². The first-order chi connectivity index (χ1) is 13.7. The van der Waals surface area contributed by atoms with Crippen LogP contribution in [0.3, 0.4) is 0 Å². The van der Waals surface area contributed by atoms with E-state index in [4.69, 9.17) is 5.11 Å². The summed E-state index contributed by atoms with van der Waals surface area (Å²) in [7, 11) is 0. The van der Waals surface area contributed by atoms with Gasteiger partial charge in [0.1, 0.15) is 5.82 Å². The molecule has 1 aromatic carbocycles. The number of amides is 1. The van der Waals surface area contributed by atoms with Crippen LogP contribution in [0.25, 0.3) is 0 Å². The second-order valence-corrected chi connectivity index (χ2v) is 8.02. The molecule has 2 fully saturated rings. The molecule has 2 heterocycles. The van der Waals surface area contributed by atoms with Crippen molar-refractivity contribution in [1.29, 1.82) is 0 Å². The highest BCUT2D eigenvalue weighted by molar-refractivity contribution is 5.68. The SMILES string of the molecule is O=C(OC(CO)C(F)(F)F)N1CCC2(CCCN(Cc3ccc(F)cc3)C2)CC1. The quantitative estimate of drug-likeness (QED) is 0.760. The summed E-state index contributed by atoms with van der Waals surface area (Å²) in [6.45, 7) is 1.88. The van der Waals surface area contributed by atoms with Gasteiger partial charge in [-0.3, -0.25) is 4.90 Å². The third kappa shape index (κ3) is 5.60. The van der Waals surface area contributed by atoms with Crippen LogP contribution in [-0.4, -0.2) is 66.1 Å². The number of rotatable bonds is 4. The van der Waals surface area contributed by atoms with Crippen molar-refractivity contribution in [3.8, 4) is 0 Å². The molecule has 2 aliphatic rings. The number of halogens is 4. The summed E-state index contributed by atoms with van der Waals surface area (Å²) in [5, 5.41) is 8.83. The maximum absolute atomic E-state index is 13.1. The van der Waals surface area contributed by atoms with E-state index in [9.17, 15) is 22.4 Å². The lowest BCUT2D eigenvalue weighted by molar-refractivity contribution is -0.215. The van der Waals surface area contributed by atoms with Crippen molar-refractivity contribution < 1.29 is 32.2 Å². The topological polar surface area (TPSA) is 53.0 Å². The summed E-state index contributed by atoms with van der Waals surface area (Å²) in [4.78, 5) is 15.7. The fourth-order valence-electron chi connectivity index (χ4n) is 4.27. The summed E-state index contributed by atoms with van der Waals surface area (Å²) < 4.78 is 55.6. The Morgan fingerprint density at radius 1 is 1.14 bits per heavy atom. The first-order valence-electron chi connectivity index (χ1n) is 9.81. The molecule has 2 saturated heterocycles. The van der Waals surface area contributed by atoms with Crippen LogP contribution in [0.15, 0.2) is 24.3 Å². The van der Waals surface area contributed by atoms with Crippen LogP contribution in [0.5, 0.6) is 0 Å². The number of hydrogen-bond acceptors (Lipinski definition) is 4. The van der Waals surface area contributed by atoms with Gasteiger partial charge in [0, 0.05) is 26.2 Å². The first-order valence-corrected chi connectivity index (χ1v) is 9.81. The van der Waals surface area contributed by atoms with Crippen molar-refractivity contribution >= 4 is 6.09 Å². The fraction of sp³-hybridized carbons (Fsp3) is 0.650. The summed E-state index contributed by atoms with van der Waals surface area (Å²) in [5.41, 5.74) is 1.06. The summed E-state index contributed by atoms with van der Waals surface area (Å²) in [6.07, 6.45) is -4.91. The van der Waals surface area contributed by atoms with Crippen LogP contribution in [0.1, 0.15) is 31.2 Å². The van der Waals surface area contributed by atoms with Crippen LogP contribution in [-0.2, 0) is 11.3 Å². The summed E-state index contributed by atoms with van der Waals surface area (Å²) in [5.74, 6) is -0.267. The molecule has 162 valence electrons.